The number of nitrogens with zero attached hydrogens (tertiary/aromatic N) is 2. The standard InChI is InChI=1S/C10H17N3/c1-6-13-9(4)7(2)8(3)12(5)10(13)11/h6,10H,1,4,11H2,2-3,5H3. The Kier molecular flexibility index (Phi) is 2.48. The number of hydrogen-bond donors (Lipinski definition) is 1. The van der Waals surface area contributed by atoms with Gasteiger partial charge in [0.15, 0.2) is 6.29 Å². The largest absolute Gasteiger partial charge is 0.345 e. The lowest BCUT2D eigenvalue weighted by atomic mass is 10.1. The lowest BCUT2D eigenvalue weighted by Crippen LogP contribution is -2.52. The molecule has 1 aliphatic rings. The van der Waals surface area contributed by atoms with Crippen LogP contribution in [0.15, 0.2) is 36.3 Å². The van der Waals surface area contributed by atoms with Crippen molar-refractivity contribution in [3.63, 3.8) is 0 Å². The number of nitrogens with two attached hydrogens (primary N) is 1. The zero-order chi connectivity index (χ0) is 10.2. The van der Waals surface area contributed by atoms with Gasteiger partial charge in [0, 0.05) is 24.6 Å². The molecule has 3 heteroatoms. The molecule has 0 aromatic heterocycles. The van der Waals surface area contributed by atoms with Crippen molar-refractivity contribution in [1.82, 2.24) is 9.80 Å². The summed E-state index contributed by atoms with van der Waals surface area (Å²) in [6, 6.07) is 0. The molecule has 0 fully saturated rings. The molecule has 2 N–H and O–H groups in total. The highest BCUT2D eigenvalue weighted by Crippen LogP contribution is 2.26. The highest BCUT2D eigenvalue weighted by molar-refractivity contribution is 5.33. The van der Waals surface area contributed by atoms with Crippen LogP contribution in [0.25, 0.3) is 0 Å². The number of allylic oxidation sites excluding steroid dienone is 2. The van der Waals surface area contributed by atoms with Gasteiger partial charge in [-0.2, -0.15) is 0 Å². The van der Waals surface area contributed by atoms with E-state index in [0.29, 0.717) is 0 Å². The van der Waals surface area contributed by atoms with Crippen LogP contribution in [0, 0.1) is 0 Å². The summed E-state index contributed by atoms with van der Waals surface area (Å²) in [6.45, 7) is 11.8. The third-order valence-electron chi connectivity index (χ3n) is 2.69. The van der Waals surface area contributed by atoms with Crippen LogP contribution in [0.2, 0.25) is 0 Å². The molecule has 0 radical (unpaired) electrons. The minimum absolute atomic E-state index is 0.186. The third kappa shape index (κ3) is 1.35. The molecule has 13 heavy (non-hydrogen) atoms. The first kappa shape index (κ1) is 9.86. The highest BCUT2D eigenvalue weighted by atomic mass is 15.4. The molecule has 1 unspecified atom stereocenters. The molecule has 0 amide bonds. The van der Waals surface area contributed by atoms with Crippen LogP contribution >= 0.6 is 0 Å². The minimum atomic E-state index is -0.186. The van der Waals surface area contributed by atoms with E-state index in [9.17, 15) is 0 Å². The van der Waals surface area contributed by atoms with E-state index in [1.165, 1.54) is 0 Å². The summed E-state index contributed by atoms with van der Waals surface area (Å²) < 4.78 is 0. The van der Waals surface area contributed by atoms with Crippen LogP contribution in [-0.4, -0.2) is 23.1 Å². The molecule has 1 rings (SSSR count). The molecule has 0 bridgehead atoms. The molecule has 1 atom stereocenters. The zero-order valence-electron chi connectivity index (χ0n) is 8.54. The van der Waals surface area contributed by atoms with E-state index in [4.69, 9.17) is 5.73 Å². The second-order valence-corrected chi connectivity index (χ2v) is 3.27. The zero-order valence-corrected chi connectivity index (χ0v) is 8.54. The van der Waals surface area contributed by atoms with Crippen LogP contribution in [0.5, 0.6) is 0 Å². The van der Waals surface area contributed by atoms with Crippen molar-refractivity contribution in [2.24, 2.45) is 5.73 Å². The van der Waals surface area contributed by atoms with Gasteiger partial charge >= 0.3 is 0 Å². The van der Waals surface area contributed by atoms with Gasteiger partial charge in [-0.3, -0.25) is 5.73 Å². The van der Waals surface area contributed by atoms with E-state index in [1.807, 2.05) is 30.7 Å². The molecule has 0 saturated heterocycles. The first-order valence-corrected chi connectivity index (χ1v) is 4.26. The van der Waals surface area contributed by atoms with Crippen LogP contribution in [0.3, 0.4) is 0 Å². The second-order valence-electron chi connectivity index (χ2n) is 3.27. The summed E-state index contributed by atoms with van der Waals surface area (Å²) in [5, 5.41) is 0. The molecular formula is C10H17N3. The molecule has 0 aliphatic carbocycles. The Morgan fingerprint density at radius 3 is 2.46 bits per heavy atom. The summed E-state index contributed by atoms with van der Waals surface area (Å²) in [4.78, 5) is 3.87. The molecule has 3 nitrogen and oxygen atoms in total. The molecule has 72 valence electrons. The van der Waals surface area contributed by atoms with Gasteiger partial charge in [0.25, 0.3) is 0 Å². The number of hydrogen-bond acceptors (Lipinski definition) is 3. The average molecular weight is 179 g/mol. The average Bonchev–Trinajstić information content (AvgIpc) is 2.13. The van der Waals surface area contributed by atoms with E-state index < -0.39 is 0 Å². The Hall–Kier alpha value is -1.22. The highest BCUT2D eigenvalue weighted by Gasteiger charge is 2.25. The fourth-order valence-corrected chi connectivity index (χ4v) is 1.43. The molecule has 1 heterocycles. The smallest absolute Gasteiger partial charge is 0.158 e. The van der Waals surface area contributed by atoms with Crippen molar-refractivity contribution in [2.45, 2.75) is 20.1 Å². The van der Waals surface area contributed by atoms with Gasteiger partial charge in [0.2, 0.25) is 0 Å². The summed E-state index contributed by atoms with van der Waals surface area (Å²) in [5.41, 5.74) is 9.21. The van der Waals surface area contributed by atoms with Crippen LogP contribution in [0.4, 0.5) is 0 Å². The van der Waals surface area contributed by atoms with Crippen LogP contribution in [0.1, 0.15) is 13.8 Å². The van der Waals surface area contributed by atoms with Gasteiger partial charge in [-0.15, -0.1) is 0 Å². The second kappa shape index (κ2) is 3.26. The summed E-state index contributed by atoms with van der Waals surface area (Å²) in [7, 11) is 1.96. The van der Waals surface area contributed by atoms with Gasteiger partial charge < -0.3 is 9.80 Å². The predicted octanol–water partition coefficient (Wildman–Crippen LogP) is 1.43. The summed E-state index contributed by atoms with van der Waals surface area (Å²) >= 11 is 0. The van der Waals surface area contributed by atoms with Crippen molar-refractivity contribution >= 4 is 0 Å². The fraction of sp³-hybridized carbons (Fsp3) is 0.400. The first-order valence-electron chi connectivity index (χ1n) is 4.26. The fourth-order valence-electron chi connectivity index (χ4n) is 1.43. The van der Waals surface area contributed by atoms with Gasteiger partial charge in [0.1, 0.15) is 0 Å². The van der Waals surface area contributed by atoms with Crippen molar-refractivity contribution in [2.75, 3.05) is 7.05 Å². The SMILES string of the molecule is C=CN1C(=C)C(C)=C(C)N(C)C1N. The lowest BCUT2D eigenvalue weighted by molar-refractivity contribution is 0.153. The topological polar surface area (TPSA) is 32.5 Å². The molecule has 0 aromatic rings. The molecule has 0 saturated carbocycles. The van der Waals surface area contributed by atoms with E-state index in [2.05, 4.69) is 13.2 Å². The van der Waals surface area contributed by atoms with Crippen molar-refractivity contribution in [1.29, 1.82) is 0 Å². The molecule has 0 spiro atoms. The van der Waals surface area contributed by atoms with Gasteiger partial charge in [-0.1, -0.05) is 13.2 Å². The van der Waals surface area contributed by atoms with E-state index in [-0.39, 0.29) is 6.29 Å². The van der Waals surface area contributed by atoms with Gasteiger partial charge in [-0.25, -0.2) is 0 Å². The number of rotatable bonds is 1. The van der Waals surface area contributed by atoms with Crippen molar-refractivity contribution in [3.05, 3.63) is 36.3 Å². The molecular weight excluding hydrogens is 162 g/mol. The summed E-state index contributed by atoms with van der Waals surface area (Å²) in [6.07, 6.45) is 1.52. The van der Waals surface area contributed by atoms with Gasteiger partial charge in [0.05, 0.1) is 0 Å². The normalized spacial score (nSPS) is 24.0. The van der Waals surface area contributed by atoms with Crippen molar-refractivity contribution < 1.29 is 0 Å². The van der Waals surface area contributed by atoms with Crippen molar-refractivity contribution in [3.8, 4) is 0 Å². The quantitative estimate of drug-likeness (QED) is 0.661. The minimum Gasteiger partial charge on any atom is -0.345 e. The van der Waals surface area contributed by atoms with Crippen LogP contribution < -0.4 is 5.73 Å². The maximum absolute atomic E-state index is 5.96. The maximum atomic E-state index is 5.96. The maximum Gasteiger partial charge on any atom is 0.158 e. The Balaban J connectivity index is 3.13. The molecule has 1 aliphatic heterocycles. The third-order valence-corrected chi connectivity index (χ3v) is 2.69. The Labute approximate surface area is 79.8 Å². The van der Waals surface area contributed by atoms with E-state index >= 15 is 0 Å². The lowest BCUT2D eigenvalue weighted by Gasteiger charge is -2.42. The van der Waals surface area contributed by atoms with E-state index in [0.717, 1.165) is 17.0 Å². The monoisotopic (exact) mass is 179 g/mol. The van der Waals surface area contributed by atoms with Crippen LogP contribution in [-0.2, 0) is 0 Å². The Morgan fingerprint density at radius 2 is 2.00 bits per heavy atom. The first-order chi connectivity index (χ1) is 6.00. The Morgan fingerprint density at radius 1 is 1.46 bits per heavy atom. The summed E-state index contributed by atoms with van der Waals surface area (Å²) in [5.74, 6) is 0. The van der Waals surface area contributed by atoms with E-state index in [1.54, 1.807) is 6.20 Å². The van der Waals surface area contributed by atoms with Gasteiger partial charge in [-0.05, 0) is 19.4 Å². The molecule has 0 aromatic carbocycles. The Bertz CT molecular complexity index is 278. The predicted molar refractivity (Wildman–Crippen MR) is 55.3 cm³/mol.